The number of aryl methyl sites for hydroxylation is 1. The first kappa shape index (κ1) is 15.5. The van der Waals surface area contributed by atoms with E-state index in [4.69, 9.17) is 5.73 Å². The maximum absolute atomic E-state index is 12.4. The van der Waals surface area contributed by atoms with Crippen molar-refractivity contribution >= 4 is 15.7 Å². The van der Waals surface area contributed by atoms with Crippen LogP contribution >= 0.6 is 0 Å². The van der Waals surface area contributed by atoms with E-state index in [1.807, 2.05) is 32.0 Å². The van der Waals surface area contributed by atoms with Gasteiger partial charge in [-0.3, -0.25) is 4.72 Å². The molecule has 0 spiro atoms. The highest BCUT2D eigenvalue weighted by molar-refractivity contribution is 7.92. The van der Waals surface area contributed by atoms with E-state index in [1.54, 1.807) is 30.3 Å². The zero-order valence-corrected chi connectivity index (χ0v) is 13.0. The molecule has 0 saturated heterocycles. The van der Waals surface area contributed by atoms with Gasteiger partial charge >= 0.3 is 0 Å². The van der Waals surface area contributed by atoms with Gasteiger partial charge in [0.1, 0.15) is 0 Å². The standard InChI is InChI=1S/C16H20N2O2S/c1-3-16(17)13-5-4-6-15(11-13)21(19,20)18-14-9-7-12(2)8-10-14/h4-11,16,18H,3,17H2,1-2H3. The zero-order chi connectivity index (χ0) is 15.5. The van der Waals surface area contributed by atoms with Crippen LogP contribution in [0.4, 0.5) is 5.69 Å². The molecule has 0 heterocycles. The van der Waals surface area contributed by atoms with Crippen molar-refractivity contribution in [2.24, 2.45) is 5.73 Å². The predicted octanol–water partition coefficient (Wildman–Crippen LogP) is 3.21. The van der Waals surface area contributed by atoms with Gasteiger partial charge in [0.15, 0.2) is 0 Å². The number of hydrogen-bond donors (Lipinski definition) is 2. The molecule has 0 saturated carbocycles. The Kier molecular flexibility index (Phi) is 4.65. The maximum Gasteiger partial charge on any atom is 0.261 e. The van der Waals surface area contributed by atoms with Crippen LogP contribution in [0.5, 0.6) is 0 Å². The topological polar surface area (TPSA) is 72.2 Å². The van der Waals surface area contributed by atoms with Crippen molar-refractivity contribution in [3.63, 3.8) is 0 Å². The Bertz CT molecular complexity index is 709. The lowest BCUT2D eigenvalue weighted by Crippen LogP contribution is -2.14. The molecule has 5 heteroatoms. The number of hydrogen-bond acceptors (Lipinski definition) is 3. The van der Waals surface area contributed by atoms with Crippen molar-refractivity contribution in [2.75, 3.05) is 4.72 Å². The van der Waals surface area contributed by atoms with Crippen LogP contribution < -0.4 is 10.5 Å². The molecular formula is C16H20N2O2S. The number of nitrogens with two attached hydrogens (primary N) is 1. The average Bonchev–Trinajstić information content (AvgIpc) is 2.49. The Hall–Kier alpha value is -1.85. The van der Waals surface area contributed by atoms with E-state index in [9.17, 15) is 8.42 Å². The SMILES string of the molecule is CCC(N)c1cccc(S(=O)(=O)Nc2ccc(C)cc2)c1. The lowest BCUT2D eigenvalue weighted by Gasteiger charge is -2.12. The van der Waals surface area contributed by atoms with Crippen molar-refractivity contribution in [2.45, 2.75) is 31.2 Å². The third kappa shape index (κ3) is 3.83. The molecule has 2 aromatic rings. The van der Waals surface area contributed by atoms with Crippen LogP contribution in [0.2, 0.25) is 0 Å². The molecule has 112 valence electrons. The van der Waals surface area contributed by atoms with E-state index < -0.39 is 10.0 Å². The summed E-state index contributed by atoms with van der Waals surface area (Å²) in [6.45, 7) is 3.92. The number of sulfonamides is 1. The van der Waals surface area contributed by atoms with Crippen molar-refractivity contribution in [1.82, 2.24) is 0 Å². The summed E-state index contributed by atoms with van der Waals surface area (Å²) in [5.41, 5.74) is 8.41. The van der Waals surface area contributed by atoms with Gasteiger partial charge in [-0.05, 0) is 43.2 Å². The lowest BCUT2D eigenvalue weighted by molar-refractivity contribution is 0.600. The molecule has 0 aliphatic carbocycles. The summed E-state index contributed by atoms with van der Waals surface area (Å²) >= 11 is 0. The zero-order valence-electron chi connectivity index (χ0n) is 12.2. The maximum atomic E-state index is 12.4. The molecule has 0 aliphatic heterocycles. The molecule has 3 N–H and O–H groups in total. The van der Waals surface area contributed by atoms with Gasteiger partial charge in [0.25, 0.3) is 10.0 Å². The second kappa shape index (κ2) is 6.28. The van der Waals surface area contributed by atoms with Gasteiger partial charge < -0.3 is 5.73 Å². The minimum Gasteiger partial charge on any atom is -0.324 e. The average molecular weight is 304 g/mol. The highest BCUT2D eigenvalue weighted by atomic mass is 32.2. The largest absolute Gasteiger partial charge is 0.324 e. The quantitative estimate of drug-likeness (QED) is 0.891. The Labute approximate surface area is 126 Å². The van der Waals surface area contributed by atoms with Gasteiger partial charge in [0.2, 0.25) is 0 Å². The van der Waals surface area contributed by atoms with E-state index in [-0.39, 0.29) is 10.9 Å². The first-order valence-corrected chi connectivity index (χ1v) is 8.35. The predicted molar refractivity (Wildman–Crippen MR) is 85.6 cm³/mol. The highest BCUT2D eigenvalue weighted by Crippen LogP contribution is 2.21. The monoisotopic (exact) mass is 304 g/mol. The van der Waals surface area contributed by atoms with Crippen LogP contribution in [-0.4, -0.2) is 8.42 Å². The molecule has 21 heavy (non-hydrogen) atoms. The molecule has 4 nitrogen and oxygen atoms in total. The van der Waals surface area contributed by atoms with Gasteiger partial charge in [-0.25, -0.2) is 8.42 Å². The van der Waals surface area contributed by atoms with Gasteiger partial charge in [-0.15, -0.1) is 0 Å². The van der Waals surface area contributed by atoms with E-state index >= 15 is 0 Å². The Morgan fingerprint density at radius 1 is 1.14 bits per heavy atom. The summed E-state index contributed by atoms with van der Waals surface area (Å²) in [6, 6.07) is 13.8. The number of rotatable bonds is 5. The van der Waals surface area contributed by atoms with Crippen molar-refractivity contribution in [3.8, 4) is 0 Å². The number of nitrogens with one attached hydrogen (secondary N) is 1. The normalized spacial score (nSPS) is 12.9. The third-order valence-corrected chi connectivity index (χ3v) is 4.72. The van der Waals surface area contributed by atoms with Crippen LogP contribution in [0.1, 0.15) is 30.5 Å². The molecule has 2 aromatic carbocycles. The van der Waals surface area contributed by atoms with E-state index in [0.29, 0.717) is 5.69 Å². The van der Waals surface area contributed by atoms with Gasteiger partial charge in [0, 0.05) is 11.7 Å². The van der Waals surface area contributed by atoms with Gasteiger partial charge in [-0.2, -0.15) is 0 Å². The first-order chi connectivity index (χ1) is 9.92. The van der Waals surface area contributed by atoms with Crippen LogP contribution in [0, 0.1) is 6.92 Å². The molecule has 0 aromatic heterocycles. The van der Waals surface area contributed by atoms with Crippen LogP contribution in [0.3, 0.4) is 0 Å². The Balaban J connectivity index is 2.29. The molecule has 0 bridgehead atoms. The minimum absolute atomic E-state index is 0.153. The van der Waals surface area contributed by atoms with E-state index in [2.05, 4.69) is 4.72 Å². The second-order valence-electron chi connectivity index (χ2n) is 5.06. The smallest absolute Gasteiger partial charge is 0.261 e. The molecule has 0 radical (unpaired) electrons. The fourth-order valence-electron chi connectivity index (χ4n) is 1.98. The lowest BCUT2D eigenvalue weighted by atomic mass is 10.1. The van der Waals surface area contributed by atoms with Crippen LogP contribution in [0.25, 0.3) is 0 Å². The Morgan fingerprint density at radius 3 is 2.43 bits per heavy atom. The third-order valence-electron chi connectivity index (χ3n) is 3.34. The highest BCUT2D eigenvalue weighted by Gasteiger charge is 2.15. The molecule has 1 atom stereocenters. The fourth-order valence-corrected chi connectivity index (χ4v) is 3.10. The van der Waals surface area contributed by atoms with Crippen molar-refractivity contribution in [3.05, 3.63) is 59.7 Å². The van der Waals surface area contributed by atoms with E-state index in [0.717, 1.165) is 17.5 Å². The molecular weight excluding hydrogens is 284 g/mol. The molecule has 2 rings (SSSR count). The summed E-state index contributed by atoms with van der Waals surface area (Å²) in [5.74, 6) is 0. The Morgan fingerprint density at radius 2 is 1.81 bits per heavy atom. The molecule has 0 aliphatic rings. The molecule has 0 amide bonds. The number of benzene rings is 2. The fraction of sp³-hybridized carbons (Fsp3) is 0.250. The van der Waals surface area contributed by atoms with Gasteiger partial charge in [-0.1, -0.05) is 36.8 Å². The minimum atomic E-state index is -3.60. The molecule has 0 fully saturated rings. The number of anilines is 1. The summed E-state index contributed by atoms with van der Waals surface area (Å²) in [4.78, 5) is 0.226. The first-order valence-electron chi connectivity index (χ1n) is 6.87. The van der Waals surface area contributed by atoms with Crippen molar-refractivity contribution in [1.29, 1.82) is 0 Å². The van der Waals surface area contributed by atoms with Crippen LogP contribution in [0.15, 0.2) is 53.4 Å². The summed E-state index contributed by atoms with van der Waals surface area (Å²) in [7, 11) is -3.60. The van der Waals surface area contributed by atoms with Crippen LogP contribution in [-0.2, 0) is 10.0 Å². The summed E-state index contributed by atoms with van der Waals surface area (Å²) in [5, 5.41) is 0. The van der Waals surface area contributed by atoms with Gasteiger partial charge in [0.05, 0.1) is 4.90 Å². The summed E-state index contributed by atoms with van der Waals surface area (Å²) in [6.07, 6.45) is 0.759. The van der Waals surface area contributed by atoms with E-state index in [1.165, 1.54) is 0 Å². The second-order valence-corrected chi connectivity index (χ2v) is 6.74. The summed E-state index contributed by atoms with van der Waals surface area (Å²) < 4.78 is 27.4. The molecule has 1 unspecified atom stereocenters. The van der Waals surface area contributed by atoms with Crippen molar-refractivity contribution < 1.29 is 8.42 Å².